The van der Waals surface area contributed by atoms with Crippen molar-refractivity contribution in [3.05, 3.63) is 35.9 Å². The van der Waals surface area contributed by atoms with Crippen LogP contribution in [-0.4, -0.2) is 57.9 Å². The molecule has 216 valence electrons. The van der Waals surface area contributed by atoms with Gasteiger partial charge in [-0.15, -0.1) is 0 Å². The molecule has 1 amide bonds. The van der Waals surface area contributed by atoms with Gasteiger partial charge in [0.05, 0.1) is 13.2 Å². The van der Waals surface area contributed by atoms with Crippen LogP contribution in [0.4, 0.5) is 4.79 Å². The highest BCUT2D eigenvalue weighted by molar-refractivity contribution is 6.77. The van der Waals surface area contributed by atoms with Crippen LogP contribution in [0.25, 0.3) is 0 Å². The van der Waals surface area contributed by atoms with E-state index in [2.05, 4.69) is 59.0 Å². The second kappa shape index (κ2) is 13.9. The lowest BCUT2D eigenvalue weighted by Gasteiger charge is -2.44. The monoisotopic (exact) mass is 549 g/mol. The number of hydrogen-bond acceptors (Lipinski definition) is 6. The molecule has 0 aliphatic carbocycles. The van der Waals surface area contributed by atoms with Gasteiger partial charge in [-0.2, -0.15) is 0 Å². The van der Waals surface area contributed by atoms with E-state index < -0.39 is 38.1 Å². The first-order valence-corrected chi connectivity index (χ1v) is 16.3. The van der Waals surface area contributed by atoms with Crippen molar-refractivity contribution < 1.29 is 28.2 Å². The highest BCUT2D eigenvalue weighted by Crippen LogP contribution is 2.43. The largest absolute Gasteiger partial charge is 0.461 e. The second-order valence-electron chi connectivity index (χ2n) is 12.6. The molecule has 1 aromatic carbocycles. The number of cyclic esters (lactones) is 1. The first-order valence-electron chi connectivity index (χ1n) is 14.1. The normalized spacial score (nSPS) is 23.6. The molecular formula is C30H51NO6Si. The summed E-state index contributed by atoms with van der Waals surface area (Å²) < 4.78 is 24.4. The Morgan fingerprint density at radius 3 is 2.13 bits per heavy atom. The third kappa shape index (κ3) is 8.81. The summed E-state index contributed by atoms with van der Waals surface area (Å²) in [4.78, 5) is 25.6. The maximum absolute atomic E-state index is 13.2. The van der Waals surface area contributed by atoms with E-state index >= 15 is 0 Å². The van der Waals surface area contributed by atoms with E-state index in [4.69, 9.17) is 18.6 Å². The molecule has 0 saturated carbocycles. The van der Waals surface area contributed by atoms with Crippen LogP contribution in [0.2, 0.25) is 16.6 Å². The van der Waals surface area contributed by atoms with Crippen LogP contribution in [-0.2, 0) is 29.9 Å². The van der Waals surface area contributed by atoms with Gasteiger partial charge in [-0.05, 0) is 62.2 Å². The van der Waals surface area contributed by atoms with E-state index in [0.717, 1.165) is 6.42 Å². The fourth-order valence-electron chi connectivity index (χ4n) is 5.95. The highest BCUT2D eigenvalue weighted by Gasteiger charge is 2.46. The van der Waals surface area contributed by atoms with Gasteiger partial charge in [0, 0.05) is 12.5 Å². The number of esters is 1. The molecule has 0 spiro atoms. The molecule has 1 aromatic rings. The molecule has 1 fully saturated rings. The van der Waals surface area contributed by atoms with E-state index in [1.165, 1.54) is 5.56 Å². The van der Waals surface area contributed by atoms with Gasteiger partial charge in [0.25, 0.3) is 0 Å². The standard InChI is InChI=1S/C30H51NO6Si/c1-20(2)38(21(3)4,22(5)6)35-18-26-23(7)36-28(32)27(31-29(33)37-30(8,9)10)19-34-17-25(26)16-24-14-12-11-13-15-24/h11-15,20-23,25-27H,16-19H2,1-10H3,(H,31,33)/t23-,25-,26-,27-/m0/s1. The third-order valence-electron chi connectivity index (χ3n) is 7.68. The Kier molecular flexibility index (Phi) is 11.9. The number of carbonyl (C=O) groups is 2. The molecule has 1 aliphatic heterocycles. The van der Waals surface area contributed by atoms with Crippen LogP contribution >= 0.6 is 0 Å². The molecule has 38 heavy (non-hydrogen) atoms. The Bertz CT molecular complexity index is 861. The van der Waals surface area contributed by atoms with Crippen molar-refractivity contribution in [2.75, 3.05) is 19.8 Å². The number of nitrogens with one attached hydrogen (secondary N) is 1. The smallest absolute Gasteiger partial charge is 0.408 e. The molecule has 0 radical (unpaired) electrons. The maximum Gasteiger partial charge on any atom is 0.408 e. The van der Waals surface area contributed by atoms with E-state index in [0.29, 0.717) is 29.8 Å². The lowest BCUT2D eigenvalue weighted by atomic mass is 9.84. The average Bonchev–Trinajstić information content (AvgIpc) is 2.83. The fraction of sp³-hybridized carbons (Fsp3) is 0.733. The lowest BCUT2D eigenvalue weighted by Crippen LogP contribution is -2.50. The molecule has 0 aromatic heterocycles. The quantitative estimate of drug-likeness (QED) is 0.279. The molecule has 1 heterocycles. The van der Waals surface area contributed by atoms with Crippen molar-refractivity contribution in [1.29, 1.82) is 0 Å². The van der Waals surface area contributed by atoms with Crippen molar-refractivity contribution in [1.82, 2.24) is 5.32 Å². The van der Waals surface area contributed by atoms with Crippen LogP contribution < -0.4 is 5.32 Å². The Hall–Kier alpha value is -1.90. The molecule has 1 aliphatic rings. The van der Waals surface area contributed by atoms with Crippen molar-refractivity contribution in [2.45, 2.75) is 110 Å². The van der Waals surface area contributed by atoms with Crippen molar-refractivity contribution in [3.63, 3.8) is 0 Å². The summed E-state index contributed by atoms with van der Waals surface area (Å²) in [6.45, 7) is 21.9. The Morgan fingerprint density at radius 2 is 1.61 bits per heavy atom. The summed E-state index contributed by atoms with van der Waals surface area (Å²) in [5, 5.41) is 2.64. The number of benzene rings is 1. The topological polar surface area (TPSA) is 83.1 Å². The minimum Gasteiger partial charge on any atom is -0.461 e. The summed E-state index contributed by atoms with van der Waals surface area (Å²) in [6, 6.07) is 9.37. The van der Waals surface area contributed by atoms with Gasteiger partial charge in [0.2, 0.25) is 0 Å². The van der Waals surface area contributed by atoms with E-state index in [-0.39, 0.29) is 18.4 Å². The molecule has 4 atom stereocenters. The molecule has 0 bridgehead atoms. The van der Waals surface area contributed by atoms with E-state index in [1.54, 1.807) is 20.8 Å². The molecule has 1 N–H and O–H groups in total. The zero-order chi connectivity index (χ0) is 28.7. The SMILES string of the molecule is CC(C)[Si](OC[C@@H]1[C@@H](Cc2ccccc2)COC[C@H](NC(=O)OC(C)(C)C)C(=O)O[C@H]1C)(C(C)C)C(C)C. The van der Waals surface area contributed by atoms with Gasteiger partial charge in [-0.1, -0.05) is 71.9 Å². The van der Waals surface area contributed by atoms with E-state index in [9.17, 15) is 9.59 Å². The van der Waals surface area contributed by atoms with Gasteiger partial charge in [0.15, 0.2) is 14.4 Å². The Morgan fingerprint density at radius 1 is 1.03 bits per heavy atom. The summed E-state index contributed by atoms with van der Waals surface area (Å²) in [6.07, 6.45) is -0.308. The van der Waals surface area contributed by atoms with Crippen LogP contribution in [0.15, 0.2) is 30.3 Å². The van der Waals surface area contributed by atoms with Gasteiger partial charge in [0.1, 0.15) is 11.7 Å². The minimum absolute atomic E-state index is 0.0202. The Labute approximate surface area is 231 Å². The zero-order valence-electron chi connectivity index (χ0n) is 25.2. The molecule has 7 nitrogen and oxygen atoms in total. The van der Waals surface area contributed by atoms with Crippen LogP contribution in [0.3, 0.4) is 0 Å². The molecule has 0 unspecified atom stereocenters. The molecular weight excluding hydrogens is 498 g/mol. The maximum atomic E-state index is 13.2. The third-order valence-corrected chi connectivity index (χ3v) is 13.8. The second-order valence-corrected chi connectivity index (χ2v) is 18.1. The summed E-state index contributed by atoms with van der Waals surface area (Å²) in [5.41, 5.74) is 1.87. The number of alkyl carbamates (subject to hydrolysis) is 1. The zero-order valence-corrected chi connectivity index (χ0v) is 26.2. The van der Waals surface area contributed by atoms with Crippen molar-refractivity contribution >= 4 is 20.4 Å². The van der Waals surface area contributed by atoms with Crippen LogP contribution in [0.5, 0.6) is 0 Å². The van der Waals surface area contributed by atoms with Gasteiger partial charge < -0.3 is 24.0 Å². The lowest BCUT2D eigenvalue weighted by molar-refractivity contribution is -0.154. The molecule has 8 heteroatoms. The predicted molar refractivity (Wildman–Crippen MR) is 154 cm³/mol. The number of ether oxygens (including phenoxy) is 3. The molecule has 1 saturated heterocycles. The number of amides is 1. The number of rotatable bonds is 9. The van der Waals surface area contributed by atoms with Crippen molar-refractivity contribution in [2.24, 2.45) is 11.8 Å². The fourth-order valence-corrected chi connectivity index (χ4v) is 11.4. The summed E-state index contributed by atoms with van der Waals surface area (Å²) >= 11 is 0. The first-order chi connectivity index (χ1) is 17.7. The Balaban J connectivity index is 2.33. The number of hydrogen-bond donors (Lipinski definition) is 1. The van der Waals surface area contributed by atoms with Crippen LogP contribution in [0, 0.1) is 11.8 Å². The predicted octanol–water partition coefficient (Wildman–Crippen LogP) is 6.51. The van der Waals surface area contributed by atoms with Crippen LogP contribution in [0.1, 0.15) is 74.8 Å². The van der Waals surface area contributed by atoms with E-state index in [1.807, 2.05) is 25.1 Å². The van der Waals surface area contributed by atoms with Gasteiger partial charge in [-0.3, -0.25) is 0 Å². The average molecular weight is 550 g/mol. The summed E-state index contributed by atoms with van der Waals surface area (Å²) in [5.74, 6) is -0.518. The minimum atomic E-state index is -2.13. The van der Waals surface area contributed by atoms with Gasteiger partial charge in [-0.25, -0.2) is 9.59 Å². The van der Waals surface area contributed by atoms with Gasteiger partial charge >= 0.3 is 12.1 Å². The summed E-state index contributed by atoms with van der Waals surface area (Å²) in [7, 11) is -2.13. The molecule has 2 rings (SSSR count). The first kappa shape index (κ1) is 32.3. The highest BCUT2D eigenvalue weighted by atomic mass is 28.4. The van der Waals surface area contributed by atoms with Crippen molar-refractivity contribution in [3.8, 4) is 0 Å². The number of carbonyl (C=O) groups excluding carboxylic acids is 2.